The van der Waals surface area contributed by atoms with Gasteiger partial charge in [-0.3, -0.25) is 0 Å². The van der Waals surface area contributed by atoms with Gasteiger partial charge in [0, 0.05) is 32.7 Å². The van der Waals surface area contributed by atoms with Crippen LogP contribution in [0.2, 0.25) is 0 Å². The maximum Gasteiger partial charge on any atom is 0.0107 e. The molecule has 0 aromatic heterocycles. The van der Waals surface area contributed by atoms with Gasteiger partial charge >= 0.3 is 0 Å². The Hall–Kier alpha value is -0.160. The Kier molecular flexibility index (Phi) is 6.41. The molecular weight excluding hydrogens is 224 g/mol. The zero-order chi connectivity index (χ0) is 12.6. The second-order valence-electron chi connectivity index (χ2n) is 5.92. The lowest BCUT2D eigenvalue weighted by molar-refractivity contribution is 0.236. The summed E-state index contributed by atoms with van der Waals surface area (Å²) in [6, 6.07) is 0. The van der Waals surface area contributed by atoms with Crippen molar-refractivity contribution in [3.8, 4) is 0 Å². The van der Waals surface area contributed by atoms with E-state index in [0.29, 0.717) is 0 Å². The van der Waals surface area contributed by atoms with Crippen LogP contribution in [-0.4, -0.2) is 75.8 Å². The monoisotopic (exact) mass is 254 g/mol. The van der Waals surface area contributed by atoms with E-state index in [4.69, 9.17) is 0 Å². The van der Waals surface area contributed by atoms with Crippen molar-refractivity contribution in [2.75, 3.05) is 66.0 Å². The van der Waals surface area contributed by atoms with Crippen LogP contribution in [0, 0.1) is 5.92 Å². The lowest BCUT2D eigenvalue weighted by Crippen LogP contribution is -2.43. The van der Waals surface area contributed by atoms with Gasteiger partial charge < -0.3 is 20.4 Å². The molecular formula is C14H30N4. The van der Waals surface area contributed by atoms with Crippen LogP contribution in [0.25, 0.3) is 0 Å². The number of piperazine rings is 1. The Balaban J connectivity index is 1.39. The van der Waals surface area contributed by atoms with E-state index in [2.05, 4.69) is 27.5 Å². The highest BCUT2D eigenvalue weighted by atomic mass is 15.2. The molecule has 0 amide bonds. The normalized spacial score (nSPS) is 26.8. The standard InChI is InChI=1S/C14H30N4/c1-17-9-4-14(13-17)12-16-5-2-3-8-18-10-6-15-7-11-18/h14-16H,2-13H2,1H3. The molecule has 2 saturated heterocycles. The lowest BCUT2D eigenvalue weighted by atomic mass is 10.1. The second kappa shape index (κ2) is 8.10. The molecule has 2 aliphatic heterocycles. The minimum absolute atomic E-state index is 0.892. The van der Waals surface area contributed by atoms with Crippen LogP contribution in [0.3, 0.4) is 0 Å². The number of hydrogen-bond acceptors (Lipinski definition) is 4. The van der Waals surface area contributed by atoms with E-state index < -0.39 is 0 Å². The molecule has 0 radical (unpaired) electrons. The summed E-state index contributed by atoms with van der Waals surface area (Å²) in [5.41, 5.74) is 0. The summed E-state index contributed by atoms with van der Waals surface area (Å²) in [6.45, 7) is 11.1. The molecule has 4 nitrogen and oxygen atoms in total. The van der Waals surface area contributed by atoms with Crippen LogP contribution < -0.4 is 10.6 Å². The van der Waals surface area contributed by atoms with Crippen molar-refractivity contribution in [1.29, 1.82) is 0 Å². The molecule has 2 aliphatic rings. The fourth-order valence-electron chi connectivity index (χ4n) is 3.02. The lowest BCUT2D eigenvalue weighted by Gasteiger charge is -2.27. The summed E-state index contributed by atoms with van der Waals surface area (Å²) in [7, 11) is 2.23. The molecule has 2 rings (SSSR count). The molecule has 2 heterocycles. The molecule has 0 aromatic rings. The third-order valence-corrected chi connectivity index (χ3v) is 4.21. The minimum Gasteiger partial charge on any atom is -0.316 e. The average Bonchev–Trinajstić information content (AvgIpc) is 2.81. The van der Waals surface area contributed by atoms with Crippen molar-refractivity contribution < 1.29 is 0 Å². The van der Waals surface area contributed by atoms with Gasteiger partial charge in [-0.15, -0.1) is 0 Å². The third-order valence-electron chi connectivity index (χ3n) is 4.21. The summed E-state index contributed by atoms with van der Waals surface area (Å²) in [5, 5.41) is 7.03. The zero-order valence-electron chi connectivity index (χ0n) is 12.0. The summed E-state index contributed by atoms with van der Waals surface area (Å²) >= 11 is 0. The Bertz CT molecular complexity index is 207. The zero-order valence-corrected chi connectivity index (χ0v) is 12.0. The van der Waals surface area contributed by atoms with Crippen LogP contribution in [0.15, 0.2) is 0 Å². The van der Waals surface area contributed by atoms with Gasteiger partial charge in [-0.25, -0.2) is 0 Å². The highest BCUT2D eigenvalue weighted by molar-refractivity contribution is 4.74. The molecule has 106 valence electrons. The maximum absolute atomic E-state index is 3.63. The van der Waals surface area contributed by atoms with Crippen molar-refractivity contribution in [2.24, 2.45) is 5.92 Å². The van der Waals surface area contributed by atoms with Crippen LogP contribution in [0.4, 0.5) is 0 Å². The molecule has 4 heteroatoms. The van der Waals surface area contributed by atoms with Crippen molar-refractivity contribution in [3.05, 3.63) is 0 Å². The van der Waals surface area contributed by atoms with E-state index >= 15 is 0 Å². The molecule has 18 heavy (non-hydrogen) atoms. The van der Waals surface area contributed by atoms with Crippen LogP contribution in [-0.2, 0) is 0 Å². The fourth-order valence-corrected chi connectivity index (χ4v) is 3.02. The molecule has 1 unspecified atom stereocenters. The summed E-state index contributed by atoms with van der Waals surface area (Å²) < 4.78 is 0. The van der Waals surface area contributed by atoms with Crippen LogP contribution in [0.1, 0.15) is 19.3 Å². The Labute approximate surface area is 112 Å². The van der Waals surface area contributed by atoms with E-state index in [1.807, 2.05) is 0 Å². The van der Waals surface area contributed by atoms with E-state index in [0.717, 1.165) is 5.92 Å². The van der Waals surface area contributed by atoms with E-state index in [9.17, 15) is 0 Å². The number of hydrogen-bond donors (Lipinski definition) is 2. The van der Waals surface area contributed by atoms with Gasteiger partial charge in [0.1, 0.15) is 0 Å². The summed E-state index contributed by atoms with van der Waals surface area (Å²) in [6.07, 6.45) is 4.05. The van der Waals surface area contributed by atoms with Crippen molar-refractivity contribution in [1.82, 2.24) is 20.4 Å². The first-order valence-electron chi connectivity index (χ1n) is 7.67. The van der Waals surface area contributed by atoms with Crippen molar-refractivity contribution in [2.45, 2.75) is 19.3 Å². The van der Waals surface area contributed by atoms with Gasteiger partial charge in [-0.2, -0.15) is 0 Å². The fraction of sp³-hybridized carbons (Fsp3) is 1.00. The van der Waals surface area contributed by atoms with Gasteiger partial charge in [-0.1, -0.05) is 0 Å². The highest BCUT2D eigenvalue weighted by Gasteiger charge is 2.18. The van der Waals surface area contributed by atoms with Gasteiger partial charge in [0.05, 0.1) is 0 Å². The molecule has 2 N–H and O–H groups in total. The van der Waals surface area contributed by atoms with Gasteiger partial charge in [0.25, 0.3) is 0 Å². The SMILES string of the molecule is CN1CCC(CNCCCCN2CCNCC2)C1. The van der Waals surface area contributed by atoms with Gasteiger partial charge in [0.15, 0.2) is 0 Å². The topological polar surface area (TPSA) is 30.5 Å². The maximum atomic E-state index is 3.63. The Morgan fingerprint density at radius 1 is 1.17 bits per heavy atom. The Morgan fingerprint density at radius 3 is 2.72 bits per heavy atom. The van der Waals surface area contributed by atoms with Gasteiger partial charge in [0.2, 0.25) is 0 Å². The second-order valence-corrected chi connectivity index (χ2v) is 5.92. The quantitative estimate of drug-likeness (QED) is 0.636. The van der Waals surface area contributed by atoms with E-state index in [1.54, 1.807) is 0 Å². The van der Waals surface area contributed by atoms with E-state index in [-0.39, 0.29) is 0 Å². The van der Waals surface area contributed by atoms with Crippen LogP contribution in [0.5, 0.6) is 0 Å². The average molecular weight is 254 g/mol. The summed E-state index contributed by atoms with van der Waals surface area (Å²) in [4.78, 5) is 5.03. The Morgan fingerprint density at radius 2 is 2.00 bits per heavy atom. The largest absolute Gasteiger partial charge is 0.316 e. The predicted molar refractivity (Wildman–Crippen MR) is 77.0 cm³/mol. The molecule has 0 aliphatic carbocycles. The number of unbranched alkanes of at least 4 members (excludes halogenated alkanes) is 1. The number of likely N-dealkylation sites (tertiary alicyclic amines) is 1. The van der Waals surface area contributed by atoms with Crippen molar-refractivity contribution >= 4 is 0 Å². The molecule has 0 bridgehead atoms. The highest BCUT2D eigenvalue weighted by Crippen LogP contribution is 2.12. The summed E-state index contributed by atoms with van der Waals surface area (Å²) in [5.74, 6) is 0.892. The predicted octanol–water partition coefficient (Wildman–Crippen LogP) is 0.213. The molecule has 0 aromatic carbocycles. The van der Waals surface area contributed by atoms with Gasteiger partial charge in [-0.05, 0) is 58.4 Å². The minimum atomic E-state index is 0.892. The van der Waals surface area contributed by atoms with E-state index in [1.165, 1.54) is 78.2 Å². The molecule has 2 fully saturated rings. The molecule has 0 saturated carbocycles. The number of rotatable bonds is 7. The number of nitrogens with one attached hydrogen (secondary N) is 2. The number of nitrogens with zero attached hydrogens (tertiary/aromatic N) is 2. The first-order chi connectivity index (χ1) is 8.84. The smallest absolute Gasteiger partial charge is 0.0107 e. The third kappa shape index (κ3) is 5.22. The van der Waals surface area contributed by atoms with Crippen LogP contribution >= 0.6 is 0 Å². The molecule has 1 atom stereocenters. The van der Waals surface area contributed by atoms with Crippen molar-refractivity contribution in [3.63, 3.8) is 0 Å². The first kappa shape index (κ1) is 14.3. The molecule has 0 spiro atoms. The first-order valence-corrected chi connectivity index (χ1v) is 7.67.